The van der Waals surface area contributed by atoms with E-state index >= 15 is 0 Å². The Morgan fingerprint density at radius 3 is 2.48 bits per heavy atom. The fourth-order valence-electron chi connectivity index (χ4n) is 2.88. The molecule has 0 fully saturated rings. The van der Waals surface area contributed by atoms with E-state index in [1.165, 1.54) is 22.3 Å². The summed E-state index contributed by atoms with van der Waals surface area (Å²) in [6.07, 6.45) is 2.21. The van der Waals surface area contributed by atoms with Gasteiger partial charge in [-0.3, -0.25) is 0 Å². The molecule has 0 heterocycles. The van der Waals surface area contributed by atoms with E-state index < -0.39 is 5.97 Å². The predicted octanol–water partition coefficient (Wildman–Crippen LogP) is 6.34. The molecule has 0 spiro atoms. The number of carbonyl (C=O) groups is 1. The summed E-state index contributed by atoms with van der Waals surface area (Å²) in [6.45, 7) is 1.71. The van der Waals surface area contributed by atoms with Crippen LogP contribution in [0.3, 0.4) is 0 Å². The number of ether oxygens (including phenoxy) is 1. The SMILES string of the molecule is Cc1cccc(C(=CCSc2ccc(OCC(=O)O)cc2Cl)c2ccccc2)c1. The van der Waals surface area contributed by atoms with Crippen LogP contribution >= 0.6 is 23.4 Å². The van der Waals surface area contributed by atoms with E-state index in [1.807, 2.05) is 24.3 Å². The first-order chi connectivity index (χ1) is 14.0. The quantitative estimate of drug-likeness (QED) is 0.429. The van der Waals surface area contributed by atoms with Crippen LogP contribution in [-0.2, 0) is 4.79 Å². The van der Waals surface area contributed by atoms with Gasteiger partial charge < -0.3 is 9.84 Å². The standard InChI is InChI=1S/C24H21ClO3S/c1-17-6-5-9-19(14-17)21(18-7-3-2-4-8-18)12-13-29-23-11-10-20(15-22(23)25)28-16-24(26)27/h2-12,14-15H,13,16H2,1H3,(H,26,27). The number of aryl methyl sites for hydroxylation is 1. The van der Waals surface area contributed by atoms with E-state index in [9.17, 15) is 4.79 Å². The summed E-state index contributed by atoms with van der Waals surface area (Å²) in [6, 6.07) is 24.0. The van der Waals surface area contributed by atoms with Gasteiger partial charge in [-0.05, 0) is 41.8 Å². The van der Waals surface area contributed by atoms with Gasteiger partial charge in [0.1, 0.15) is 5.75 Å². The molecule has 0 aromatic heterocycles. The van der Waals surface area contributed by atoms with Crippen molar-refractivity contribution in [3.05, 3.63) is 101 Å². The van der Waals surface area contributed by atoms with Crippen LogP contribution in [0.2, 0.25) is 5.02 Å². The van der Waals surface area contributed by atoms with Crippen molar-refractivity contribution >= 4 is 34.9 Å². The van der Waals surface area contributed by atoms with Crippen molar-refractivity contribution < 1.29 is 14.6 Å². The second-order valence-corrected chi connectivity index (χ2v) is 7.91. The van der Waals surface area contributed by atoms with E-state index in [-0.39, 0.29) is 6.61 Å². The highest BCUT2D eigenvalue weighted by Gasteiger charge is 2.07. The molecular weight excluding hydrogens is 404 g/mol. The second-order valence-electron chi connectivity index (χ2n) is 6.44. The first kappa shape index (κ1) is 21.0. The van der Waals surface area contributed by atoms with E-state index in [2.05, 4.69) is 49.4 Å². The molecule has 0 unspecified atom stereocenters. The smallest absolute Gasteiger partial charge is 0.341 e. The molecule has 0 bridgehead atoms. The minimum Gasteiger partial charge on any atom is -0.482 e. The van der Waals surface area contributed by atoms with Gasteiger partial charge in [-0.25, -0.2) is 4.79 Å². The fourth-order valence-corrected chi connectivity index (χ4v) is 4.01. The fraction of sp³-hybridized carbons (Fsp3) is 0.125. The van der Waals surface area contributed by atoms with Crippen molar-refractivity contribution in [1.82, 2.24) is 0 Å². The molecular formula is C24H21ClO3S. The zero-order valence-electron chi connectivity index (χ0n) is 16.0. The van der Waals surface area contributed by atoms with E-state index in [0.717, 1.165) is 10.6 Å². The van der Waals surface area contributed by atoms with Gasteiger partial charge in [-0.1, -0.05) is 77.8 Å². The molecule has 29 heavy (non-hydrogen) atoms. The van der Waals surface area contributed by atoms with Gasteiger partial charge in [-0.15, -0.1) is 11.8 Å². The Kier molecular flexibility index (Phi) is 7.39. The molecule has 5 heteroatoms. The van der Waals surface area contributed by atoms with Crippen molar-refractivity contribution in [1.29, 1.82) is 0 Å². The zero-order valence-corrected chi connectivity index (χ0v) is 17.5. The first-order valence-corrected chi connectivity index (χ1v) is 10.5. The highest BCUT2D eigenvalue weighted by molar-refractivity contribution is 7.99. The number of hydrogen-bond donors (Lipinski definition) is 1. The van der Waals surface area contributed by atoms with Crippen LogP contribution in [0.4, 0.5) is 0 Å². The number of halogens is 1. The maximum atomic E-state index is 10.6. The lowest BCUT2D eigenvalue weighted by Crippen LogP contribution is -2.09. The maximum Gasteiger partial charge on any atom is 0.341 e. The van der Waals surface area contributed by atoms with Crippen LogP contribution in [-0.4, -0.2) is 23.4 Å². The van der Waals surface area contributed by atoms with Gasteiger partial charge in [0.05, 0.1) is 5.02 Å². The largest absolute Gasteiger partial charge is 0.482 e. The van der Waals surface area contributed by atoms with Crippen LogP contribution in [0.25, 0.3) is 5.57 Å². The molecule has 0 saturated heterocycles. The van der Waals surface area contributed by atoms with Gasteiger partial charge in [-0.2, -0.15) is 0 Å². The molecule has 148 valence electrons. The van der Waals surface area contributed by atoms with Crippen LogP contribution in [0.5, 0.6) is 5.75 Å². The van der Waals surface area contributed by atoms with E-state index in [1.54, 1.807) is 23.9 Å². The summed E-state index contributed by atoms with van der Waals surface area (Å²) < 4.78 is 5.17. The third kappa shape index (κ3) is 6.14. The molecule has 0 saturated carbocycles. The minimum atomic E-state index is -1.02. The van der Waals surface area contributed by atoms with E-state index in [4.69, 9.17) is 21.4 Å². The normalized spacial score (nSPS) is 11.3. The molecule has 0 amide bonds. The topological polar surface area (TPSA) is 46.5 Å². The lowest BCUT2D eigenvalue weighted by Gasteiger charge is -2.10. The maximum absolute atomic E-state index is 10.6. The van der Waals surface area contributed by atoms with Crippen molar-refractivity contribution in [3.63, 3.8) is 0 Å². The zero-order chi connectivity index (χ0) is 20.6. The van der Waals surface area contributed by atoms with Gasteiger partial charge in [0.15, 0.2) is 6.61 Å². The number of aliphatic carboxylic acids is 1. The summed E-state index contributed by atoms with van der Waals surface area (Å²) in [7, 11) is 0. The Bertz CT molecular complexity index is 1020. The molecule has 3 aromatic carbocycles. The Labute approximate surface area is 180 Å². The number of thioether (sulfide) groups is 1. The number of carboxylic acids is 1. The summed E-state index contributed by atoms with van der Waals surface area (Å²) in [5, 5.41) is 9.25. The average molecular weight is 425 g/mol. The van der Waals surface area contributed by atoms with E-state index in [0.29, 0.717) is 10.8 Å². The first-order valence-electron chi connectivity index (χ1n) is 9.12. The summed E-state index contributed by atoms with van der Waals surface area (Å²) >= 11 is 7.97. The third-order valence-electron chi connectivity index (χ3n) is 4.21. The monoisotopic (exact) mass is 424 g/mol. The molecule has 3 nitrogen and oxygen atoms in total. The molecule has 3 rings (SSSR count). The molecule has 1 N–H and O–H groups in total. The molecule has 0 radical (unpaired) electrons. The minimum absolute atomic E-state index is 0.386. The number of carboxylic acid groups (broad SMARTS) is 1. The van der Waals surface area contributed by atoms with Gasteiger partial charge in [0, 0.05) is 10.6 Å². The van der Waals surface area contributed by atoms with Crippen LogP contribution < -0.4 is 4.74 Å². The predicted molar refractivity (Wildman–Crippen MR) is 120 cm³/mol. The average Bonchev–Trinajstić information content (AvgIpc) is 2.71. The lowest BCUT2D eigenvalue weighted by atomic mass is 9.97. The Morgan fingerprint density at radius 1 is 1.03 bits per heavy atom. The van der Waals surface area contributed by atoms with Crippen LogP contribution in [0.1, 0.15) is 16.7 Å². The number of benzene rings is 3. The Balaban J connectivity index is 1.77. The summed E-state index contributed by atoms with van der Waals surface area (Å²) in [4.78, 5) is 11.5. The summed E-state index contributed by atoms with van der Waals surface area (Å²) in [5.41, 5.74) is 4.75. The van der Waals surface area contributed by atoms with Gasteiger partial charge >= 0.3 is 5.97 Å². The lowest BCUT2D eigenvalue weighted by molar-refractivity contribution is -0.139. The Morgan fingerprint density at radius 2 is 1.79 bits per heavy atom. The second kappa shape index (κ2) is 10.2. The molecule has 0 aliphatic rings. The molecule has 0 aliphatic heterocycles. The van der Waals surface area contributed by atoms with Gasteiger partial charge in [0.2, 0.25) is 0 Å². The van der Waals surface area contributed by atoms with Crippen molar-refractivity contribution in [2.45, 2.75) is 11.8 Å². The Hall–Kier alpha value is -2.69. The van der Waals surface area contributed by atoms with Crippen LogP contribution in [0.15, 0.2) is 83.8 Å². The van der Waals surface area contributed by atoms with Crippen molar-refractivity contribution in [3.8, 4) is 5.75 Å². The molecule has 0 atom stereocenters. The molecule has 3 aromatic rings. The highest BCUT2D eigenvalue weighted by Crippen LogP contribution is 2.32. The number of rotatable bonds is 8. The van der Waals surface area contributed by atoms with Crippen molar-refractivity contribution in [2.24, 2.45) is 0 Å². The number of hydrogen-bond acceptors (Lipinski definition) is 3. The van der Waals surface area contributed by atoms with Gasteiger partial charge in [0.25, 0.3) is 0 Å². The summed E-state index contributed by atoms with van der Waals surface area (Å²) in [5.74, 6) is 0.170. The highest BCUT2D eigenvalue weighted by atomic mass is 35.5. The van der Waals surface area contributed by atoms with Crippen LogP contribution in [0, 0.1) is 6.92 Å². The van der Waals surface area contributed by atoms with Crippen molar-refractivity contribution in [2.75, 3.05) is 12.4 Å². The molecule has 0 aliphatic carbocycles. The third-order valence-corrected chi connectivity index (χ3v) is 5.63.